The highest BCUT2D eigenvalue weighted by atomic mass is 19.1. The van der Waals surface area contributed by atoms with Crippen LogP contribution in [0.15, 0.2) is 53.5 Å². The van der Waals surface area contributed by atoms with E-state index in [0.717, 1.165) is 25.1 Å². The highest BCUT2D eigenvalue weighted by molar-refractivity contribution is 5.75. The molecular weight excluding hydrogens is 391 g/mol. The second-order valence-electron chi connectivity index (χ2n) is 9.40. The van der Waals surface area contributed by atoms with Crippen LogP contribution in [0.3, 0.4) is 0 Å². The Bertz CT molecular complexity index is 969. The van der Waals surface area contributed by atoms with Crippen molar-refractivity contribution < 1.29 is 9.13 Å². The molecule has 5 aliphatic rings. The second kappa shape index (κ2) is 7.61. The molecule has 0 amide bonds. The monoisotopic (exact) mass is 420 g/mol. The van der Waals surface area contributed by atoms with Crippen molar-refractivity contribution in [3.63, 3.8) is 0 Å². The van der Waals surface area contributed by atoms with E-state index in [2.05, 4.69) is 39.6 Å². The van der Waals surface area contributed by atoms with Gasteiger partial charge in [-0.2, -0.15) is 0 Å². The summed E-state index contributed by atoms with van der Waals surface area (Å²) in [5.74, 6) is -0.216. The van der Waals surface area contributed by atoms with Crippen molar-refractivity contribution >= 4 is 6.02 Å². The Morgan fingerprint density at radius 2 is 1.71 bits per heavy atom. The first-order chi connectivity index (χ1) is 15.2. The van der Waals surface area contributed by atoms with Crippen LogP contribution in [0, 0.1) is 11.2 Å². The Morgan fingerprint density at radius 3 is 2.48 bits per heavy atom. The minimum absolute atomic E-state index is 0.0688. The van der Waals surface area contributed by atoms with Crippen LogP contribution in [0.2, 0.25) is 0 Å². The summed E-state index contributed by atoms with van der Waals surface area (Å²) in [6.07, 6.45) is 4.75. The number of fused-ring (bicyclic) bond motifs is 4. The van der Waals surface area contributed by atoms with Gasteiger partial charge in [-0.1, -0.05) is 36.4 Å². The summed E-state index contributed by atoms with van der Waals surface area (Å²) >= 11 is 0. The summed E-state index contributed by atoms with van der Waals surface area (Å²) in [6, 6.07) is 15.9. The zero-order chi connectivity index (χ0) is 20.8. The lowest BCUT2D eigenvalue weighted by atomic mass is 9.68. The first-order valence-electron chi connectivity index (χ1n) is 11.5. The van der Waals surface area contributed by atoms with Crippen LogP contribution < -0.4 is 5.43 Å². The lowest BCUT2D eigenvalue weighted by Crippen LogP contribution is -2.55. The molecule has 5 aliphatic heterocycles. The molecule has 0 saturated carbocycles. The predicted molar refractivity (Wildman–Crippen MR) is 118 cm³/mol. The topological polar surface area (TPSA) is 40.1 Å². The number of nitrogens with zero attached hydrogens (tertiary/aromatic N) is 3. The number of hydrogen-bond donors (Lipinski definition) is 1. The Labute approximate surface area is 182 Å². The number of benzene rings is 2. The quantitative estimate of drug-likeness (QED) is 0.807. The van der Waals surface area contributed by atoms with Gasteiger partial charge >= 0.3 is 6.02 Å². The largest absolute Gasteiger partial charge is 0.458 e. The van der Waals surface area contributed by atoms with E-state index < -0.39 is 0 Å². The van der Waals surface area contributed by atoms with Crippen LogP contribution in [0.4, 0.5) is 4.39 Å². The summed E-state index contributed by atoms with van der Waals surface area (Å²) in [7, 11) is 0. The molecule has 7 rings (SSSR count). The first kappa shape index (κ1) is 19.3. The number of piperidine rings is 3. The molecule has 3 fully saturated rings. The van der Waals surface area contributed by atoms with Gasteiger partial charge in [0, 0.05) is 12.0 Å². The van der Waals surface area contributed by atoms with Gasteiger partial charge in [-0.3, -0.25) is 5.01 Å². The van der Waals surface area contributed by atoms with Gasteiger partial charge in [0.1, 0.15) is 11.9 Å². The number of amidine groups is 1. The van der Waals surface area contributed by atoms with Crippen LogP contribution in [-0.4, -0.2) is 54.8 Å². The molecule has 162 valence electrons. The van der Waals surface area contributed by atoms with Gasteiger partial charge < -0.3 is 9.64 Å². The molecule has 0 aliphatic carbocycles. The fourth-order valence-electron chi connectivity index (χ4n) is 5.79. The first-order valence-corrected chi connectivity index (χ1v) is 11.5. The number of nitrogens with one attached hydrogen (secondary N) is 1. The maximum Gasteiger partial charge on any atom is 0.302 e. The fraction of sp³-hybridized carbons (Fsp3) is 0.480. The molecule has 6 heteroatoms. The SMILES string of the molecule is Fc1ccc([C@@H]2NN(C3=NC[C@@H](C45CCN(CC4)CC5)O3)CCc3ccccc32)cc1. The van der Waals surface area contributed by atoms with E-state index in [4.69, 9.17) is 9.73 Å². The maximum absolute atomic E-state index is 13.6. The van der Waals surface area contributed by atoms with Crippen molar-refractivity contribution in [2.45, 2.75) is 37.8 Å². The number of aliphatic imine (C=N–C) groups is 1. The molecule has 31 heavy (non-hydrogen) atoms. The number of rotatable bonds is 2. The molecule has 2 aromatic rings. The number of halogens is 1. The fourth-order valence-corrected chi connectivity index (χ4v) is 5.79. The van der Waals surface area contributed by atoms with Crippen LogP contribution in [0.5, 0.6) is 0 Å². The molecule has 0 aromatic heterocycles. The Balaban J connectivity index is 1.25. The van der Waals surface area contributed by atoms with Gasteiger partial charge in [0.15, 0.2) is 0 Å². The van der Waals surface area contributed by atoms with Crippen molar-refractivity contribution in [1.29, 1.82) is 0 Å². The van der Waals surface area contributed by atoms with Gasteiger partial charge in [-0.15, -0.1) is 0 Å². The lowest BCUT2D eigenvalue weighted by Gasteiger charge is -2.50. The Hall–Kier alpha value is -2.44. The normalized spacial score (nSPS) is 32.2. The molecular formula is C25H29FN4O. The van der Waals surface area contributed by atoms with Crippen molar-refractivity contribution in [3.05, 3.63) is 71.0 Å². The Kier molecular flexibility index (Phi) is 4.73. The summed E-state index contributed by atoms with van der Waals surface area (Å²) in [5.41, 5.74) is 7.51. The smallest absolute Gasteiger partial charge is 0.302 e. The standard InChI is InChI=1S/C25H29FN4O/c26-20-7-5-19(6-8-20)23-21-4-2-1-3-18(21)9-13-30(28-23)24-27-17-22(31-24)25-10-14-29(15-11-25)16-12-25/h1-8,22-23,28H,9-17H2/t22-,23-/m0/s1. The van der Waals surface area contributed by atoms with Gasteiger partial charge in [0.2, 0.25) is 0 Å². The third kappa shape index (κ3) is 3.42. The average Bonchev–Trinajstić information content (AvgIpc) is 3.25. The molecule has 5 heterocycles. The molecule has 0 radical (unpaired) electrons. The minimum atomic E-state index is -0.216. The van der Waals surface area contributed by atoms with Crippen LogP contribution >= 0.6 is 0 Å². The van der Waals surface area contributed by atoms with Crippen molar-refractivity contribution in [2.24, 2.45) is 10.4 Å². The minimum Gasteiger partial charge on any atom is -0.458 e. The van der Waals surface area contributed by atoms with Crippen molar-refractivity contribution in [3.8, 4) is 0 Å². The highest BCUT2D eigenvalue weighted by Gasteiger charge is 2.48. The second-order valence-corrected chi connectivity index (χ2v) is 9.40. The van der Waals surface area contributed by atoms with Crippen molar-refractivity contribution in [1.82, 2.24) is 15.3 Å². The van der Waals surface area contributed by atoms with E-state index in [1.807, 2.05) is 12.1 Å². The number of hydrogen-bond acceptors (Lipinski definition) is 5. The number of hydrazine groups is 1. The summed E-state index contributed by atoms with van der Waals surface area (Å²) < 4.78 is 20.1. The number of ether oxygens (including phenoxy) is 1. The summed E-state index contributed by atoms with van der Waals surface area (Å²) in [4.78, 5) is 7.43. The van der Waals surface area contributed by atoms with Crippen molar-refractivity contribution in [2.75, 3.05) is 32.7 Å². The summed E-state index contributed by atoms with van der Waals surface area (Å²) in [5, 5.41) is 2.09. The molecule has 1 N–H and O–H groups in total. The Morgan fingerprint density at radius 1 is 0.968 bits per heavy atom. The van der Waals surface area contributed by atoms with E-state index in [-0.39, 0.29) is 23.4 Å². The van der Waals surface area contributed by atoms with Gasteiger partial charge in [-0.25, -0.2) is 14.8 Å². The third-order valence-electron chi connectivity index (χ3n) is 7.79. The van der Waals surface area contributed by atoms with E-state index in [0.29, 0.717) is 6.02 Å². The average molecular weight is 421 g/mol. The van der Waals surface area contributed by atoms with E-state index in [1.54, 1.807) is 0 Å². The van der Waals surface area contributed by atoms with Crippen LogP contribution in [0.25, 0.3) is 0 Å². The van der Waals surface area contributed by atoms with Gasteiger partial charge in [-0.05, 0) is 74.1 Å². The third-order valence-corrected chi connectivity index (χ3v) is 7.79. The van der Waals surface area contributed by atoms with Crippen LogP contribution in [-0.2, 0) is 11.2 Å². The molecule has 3 saturated heterocycles. The summed E-state index contributed by atoms with van der Waals surface area (Å²) in [6.45, 7) is 5.13. The zero-order valence-electron chi connectivity index (χ0n) is 17.8. The van der Waals surface area contributed by atoms with Gasteiger partial charge in [0.25, 0.3) is 0 Å². The van der Waals surface area contributed by atoms with E-state index >= 15 is 0 Å². The molecule has 2 bridgehead atoms. The maximum atomic E-state index is 13.6. The predicted octanol–water partition coefficient (Wildman–Crippen LogP) is 3.52. The molecule has 0 spiro atoms. The molecule has 2 aromatic carbocycles. The van der Waals surface area contributed by atoms with Gasteiger partial charge in [0.05, 0.1) is 12.6 Å². The molecule has 5 nitrogen and oxygen atoms in total. The van der Waals surface area contributed by atoms with E-state index in [1.165, 1.54) is 62.2 Å². The molecule has 2 atom stereocenters. The molecule has 0 unspecified atom stereocenters. The highest BCUT2D eigenvalue weighted by Crippen LogP contribution is 2.45. The van der Waals surface area contributed by atoms with E-state index in [9.17, 15) is 4.39 Å². The van der Waals surface area contributed by atoms with Crippen LogP contribution in [0.1, 0.15) is 42.0 Å². The lowest BCUT2D eigenvalue weighted by molar-refractivity contribution is -0.0558. The zero-order valence-corrected chi connectivity index (χ0v) is 17.8.